The van der Waals surface area contributed by atoms with Gasteiger partial charge in [-0.05, 0) is 60.3 Å². The van der Waals surface area contributed by atoms with Crippen molar-refractivity contribution in [3.8, 4) is 11.1 Å². The van der Waals surface area contributed by atoms with Crippen molar-refractivity contribution in [1.82, 2.24) is 10.2 Å². The van der Waals surface area contributed by atoms with E-state index in [0.29, 0.717) is 25.8 Å². The highest BCUT2D eigenvalue weighted by Gasteiger charge is 2.61. The number of fused-ring (bicyclic) bond motifs is 5. The van der Waals surface area contributed by atoms with Crippen LogP contribution in [0.25, 0.3) is 11.1 Å². The molecule has 2 aliphatic carbocycles. The van der Waals surface area contributed by atoms with Gasteiger partial charge in [-0.25, -0.2) is 9.59 Å². The first-order chi connectivity index (χ1) is 16.5. The van der Waals surface area contributed by atoms with Crippen molar-refractivity contribution in [3.05, 3.63) is 59.7 Å². The van der Waals surface area contributed by atoms with E-state index in [1.54, 1.807) is 4.90 Å². The molecule has 3 fully saturated rings. The first-order valence-electron chi connectivity index (χ1n) is 12.1. The number of benzene rings is 2. The maximum atomic E-state index is 13.1. The van der Waals surface area contributed by atoms with E-state index < -0.39 is 17.6 Å². The van der Waals surface area contributed by atoms with Gasteiger partial charge >= 0.3 is 12.1 Å². The number of hydrogen-bond acceptors (Lipinski definition) is 4. The molecule has 0 radical (unpaired) electrons. The first kappa shape index (κ1) is 21.2. The van der Waals surface area contributed by atoms with E-state index in [2.05, 4.69) is 29.6 Å². The molecular formula is C27H28N2O5. The summed E-state index contributed by atoms with van der Waals surface area (Å²) in [6.45, 7) is 0.620. The molecule has 1 saturated carbocycles. The molecule has 0 unspecified atom stereocenters. The number of ether oxygens (including phenoxy) is 1. The van der Waals surface area contributed by atoms with Crippen LogP contribution in [0.1, 0.15) is 49.1 Å². The Labute approximate surface area is 198 Å². The Bertz CT molecular complexity index is 1120. The maximum absolute atomic E-state index is 13.1. The first-order valence-corrected chi connectivity index (χ1v) is 12.1. The number of amides is 2. The monoisotopic (exact) mass is 460 g/mol. The topological polar surface area (TPSA) is 95.9 Å². The molecular weight excluding hydrogens is 432 g/mol. The lowest BCUT2D eigenvalue weighted by Gasteiger charge is -2.31. The van der Waals surface area contributed by atoms with Crippen LogP contribution in [-0.2, 0) is 14.3 Å². The van der Waals surface area contributed by atoms with Crippen LogP contribution in [0.2, 0.25) is 0 Å². The molecule has 0 spiro atoms. The van der Waals surface area contributed by atoms with Crippen LogP contribution < -0.4 is 5.32 Å². The number of carboxylic acids is 1. The van der Waals surface area contributed by atoms with Gasteiger partial charge in [0.1, 0.15) is 12.1 Å². The standard InChI is InChI=1S/C27H28N2O5/c30-24(29-17-9-11-27(29,12-10-17)25(31)32)22-13-16(22)14-28-26(33)34-15-23-20-7-3-1-5-18(20)19-6-2-4-8-21(19)23/h1-8,16-17,22-23H,9-15H2,(H,28,33)(H,31,32)/t16-,17?,22-,27?/m0/s1. The number of alkyl carbamates (subject to hydrolysis) is 1. The van der Waals surface area contributed by atoms with Gasteiger partial charge in [0.2, 0.25) is 5.91 Å². The molecule has 2 bridgehead atoms. The minimum Gasteiger partial charge on any atom is -0.479 e. The molecule has 2 saturated heterocycles. The van der Waals surface area contributed by atoms with Gasteiger partial charge in [0.25, 0.3) is 0 Å². The number of nitrogens with zero attached hydrogens (tertiary/aromatic N) is 1. The van der Waals surface area contributed by atoms with Crippen LogP contribution in [0, 0.1) is 11.8 Å². The zero-order valence-corrected chi connectivity index (χ0v) is 18.9. The van der Waals surface area contributed by atoms with Crippen molar-refractivity contribution in [3.63, 3.8) is 0 Å². The zero-order valence-electron chi connectivity index (χ0n) is 18.9. The quantitative estimate of drug-likeness (QED) is 0.684. The fourth-order valence-electron chi connectivity index (χ4n) is 6.45. The number of carboxylic acid groups (broad SMARTS) is 1. The van der Waals surface area contributed by atoms with E-state index in [9.17, 15) is 19.5 Å². The third kappa shape index (κ3) is 3.21. The van der Waals surface area contributed by atoms with E-state index in [0.717, 1.165) is 24.0 Å². The van der Waals surface area contributed by atoms with Crippen molar-refractivity contribution >= 4 is 18.0 Å². The molecule has 34 heavy (non-hydrogen) atoms. The predicted octanol–water partition coefficient (Wildman–Crippen LogP) is 3.77. The van der Waals surface area contributed by atoms with Gasteiger partial charge in [-0.2, -0.15) is 0 Å². The molecule has 2 aromatic rings. The fraction of sp³-hybridized carbons (Fsp3) is 0.444. The zero-order chi connectivity index (χ0) is 23.4. The lowest BCUT2D eigenvalue weighted by atomic mass is 9.88. The van der Waals surface area contributed by atoms with E-state index in [1.807, 2.05) is 24.3 Å². The number of rotatable bonds is 6. The molecule has 2 aliphatic heterocycles. The van der Waals surface area contributed by atoms with Gasteiger partial charge < -0.3 is 20.1 Å². The van der Waals surface area contributed by atoms with Gasteiger partial charge in [0.15, 0.2) is 0 Å². The molecule has 2 heterocycles. The fourth-order valence-corrected chi connectivity index (χ4v) is 6.45. The minimum atomic E-state index is -1.00. The van der Waals surface area contributed by atoms with Crippen LogP contribution in [-0.4, -0.2) is 52.7 Å². The molecule has 2 atom stereocenters. The van der Waals surface area contributed by atoms with Crippen LogP contribution >= 0.6 is 0 Å². The Balaban J connectivity index is 1.03. The molecule has 6 rings (SSSR count). The maximum Gasteiger partial charge on any atom is 0.407 e. The average Bonchev–Trinajstić information content (AvgIpc) is 3.25. The molecule has 2 N–H and O–H groups in total. The number of aliphatic carboxylic acids is 1. The Morgan fingerprint density at radius 1 is 1.00 bits per heavy atom. The Kier molecular flexibility index (Phi) is 4.90. The van der Waals surface area contributed by atoms with Crippen molar-refractivity contribution in [2.24, 2.45) is 11.8 Å². The lowest BCUT2D eigenvalue weighted by Crippen LogP contribution is -2.51. The van der Waals surface area contributed by atoms with Crippen molar-refractivity contribution < 1.29 is 24.2 Å². The van der Waals surface area contributed by atoms with Crippen molar-refractivity contribution in [1.29, 1.82) is 0 Å². The second-order valence-corrected chi connectivity index (χ2v) is 10.1. The van der Waals surface area contributed by atoms with Crippen LogP contribution in [0.4, 0.5) is 4.79 Å². The molecule has 2 aromatic carbocycles. The van der Waals surface area contributed by atoms with Gasteiger partial charge in [-0.15, -0.1) is 0 Å². The molecule has 176 valence electrons. The van der Waals surface area contributed by atoms with E-state index in [-0.39, 0.29) is 36.3 Å². The summed E-state index contributed by atoms with van der Waals surface area (Å²) in [5.41, 5.74) is 3.69. The molecule has 2 amide bonds. The summed E-state index contributed by atoms with van der Waals surface area (Å²) in [4.78, 5) is 39.1. The normalized spacial score (nSPS) is 28.4. The summed E-state index contributed by atoms with van der Waals surface area (Å²) in [6.07, 6.45) is 2.84. The third-order valence-corrected chi connectivity index (χ3v) is 8.34. The predicted molar refractivity (Wildman–Crippen MR) is 124 cm³/mol. The Morgan fingerprint density at radius 2 is 1.62 bits per heavy atom. The number of carbonyl (C=O) groups is 3. The molecule has 4 aliphatic rings. The highest BCUT2D eigenvalue weighted by atomic mass is 16.5. The van der Waals surface area contributed by atoms with Crippen LogP contribution in [0.3, 0.4) is 0 Å². The summed E-state index contributed by atoms with van der Waals surface area (Å²) in [7, 11) is 0. The Hall–Kier alpha value is -3.35. The largest absolute Gasteiger partial charge is 0.479 e. The van der Waals surface area contributed by atoms with Gasteiger partial charge in [-0.3, -0.25) is 4.79 Å². The highest BCUT2D eigenvalue weighted by molar-refractivity contribution is 5.91. The molecule has 7 heteroatoms. The summed E-state index contributed by atoms with van der Waals surface area (Å²) >= 11 is 0. The van der Waals surface area contributed by atoms with E-state index in [1.165, 1.54) is 11.1 Å². The lowest BCUT2D eigenvalue weighted by molar-refractivity contribution is -0.156. The summed E-state index contributed by atoms with van der Waals surface area (Å²) in [5, 5.41) is 12.6. The minimum absolute atomic E-state index is 0.00579. The van der Waals surface area contributed by atoms with Crippen molar-refractivity contribution in [2.45, 2.75) is 49.6 Å². The third-order valence-electron chi connectivity index (χ3n) is 8.34. The van der Waals surface area contributed by atoms with Crippen molar-refractivity contribution in [2.75, 3.05) is 13.2 Å². The van der Waals surface area contributed by atoms with Gasteiger partial charge in [0.05, 0.1) is 0 Å². The van der Waals surface area contributed by atoms with Crippen LogP contribution in [0.5, 0.6) is 0 Å². The number of carbonyl (C=O) groups excluding carboxylic acids is 2. The highest BCUT2D eigenvalue weighted by Crippen LogP contribution is 2.51. The van der Waals surface area contributed by atoms with Gasteiger partial charge in [-0.1, -0.05) is 48.5 Å². The van der Waals surface area contributed by atoms with E-state index in [4.69, 9.17) is 4.74 Å². The Morgan fingerprint density at radius 3 is 2.24 bits per heavy atom. The number of hydrogen-bond donors (Lipinski definition) is 2. The summed E-state index contributed by atoms with van der Waals surface area (Å²) < 4.78 is 5.58. The second-order valence-electron chi connectivity index (χ2n) is 10.1. The number of nitrogens with one attached hydrogen (secondary N) is 1. The van der Waals surface area contributed by atoms with Crippen LogP contribution in [0.15, 0.2) is 48.5 Å². The average molecular weight is 461 g/mol. The van der Waals surface area contributed by atoms with Gasteiger partial charge in [0, 0.05) is 24.4 Å². The summed E-state index contributed by atoms with van der Waals surface area (Å²) in [6, 6.07) is 16.5. The molecule has 0 aromatic heterocycles. The SMILES string of the molecule is O=C(NC[C@@H]1C[C@@H]1C(=O)N1C2CCC1(C(=O)O)CC2)OCC1c2ccccc2-c2ccccc21. The molecule has 7 nitrogen and oxygen atoms in total. The van der Waals surface area contributed by atoms with E-state index >= 15 is 0 Å². The summed E-state index contributed by atoms with van der Waals surface area (Å²) in [5.74, 6) is -1.09. The second kappa shape index (κ2) is 7.86. The smallest absolute Gasteiger partial charge is 0.407 e.